The van der Waals surface area contributed by atoms with E-state index < -0.39 is 5.91 Å². The number of hydrogen-bond donors (Lipinski definition) is 2. The Morgan fingerprint density at radius 3 is 2.70 bits per heavy atom. The van der Waals surface area contributed by atoms with Crippen LogP contribution in [-0.4, -0.2) is 46.2 Å². The first-order valence-electron chi connectivity index (χ1n) is 5.67. The number of aromatic amines is 1. The van der Waals surface area contributed by atoms with Gasteiger partial charge in [0.2, 0.25) is 0 Å². The zero-order valence-corrected chi connectivity index (χ0v) is 11.6. The molecular formula is C12H12ClN5O2. The molecule has 2 aromatic rings. The lowest BCUT2D eigenvalue weighted by molar-refractivity contribution is 0.0828. The van der Waals surface area contributed by atoms with Gasteiger partial charge in [-0.15, -0.1) is 0 Å². The molecule has 0 aliphatic carbocycles. The van der Waals surface area contributed by atoms with Gasteiger partial charge in [-0.25, -0.2) is 0 Å². The van der Waals surface area contributed by atoms with E-state index in [1.165, 1.54) is 17.2 Å². The predicted molar refractivity (Wildman–Crippen MR) is 73.8 cm³/mol. The van der Waals surface area contributed by atoms with Crippen LogP contribution in [0.4, 0.5) is 5.69 Å². The summed E-state index contributed by atoms with van der Waals surface area (Å²) >= 11 is 5.90. The first-order chi connectivity index (χ1) is 9.49. The molecule has 0 bridgehead atoms. The summed E-state index contributed by atoms with van der Waals surface area (Å²) in [6.45, 7) is 0. The van der Waals surface area contributed by atoms with Crippen LogP contribution in [0.15, 0.2) is 24.4 Å². The number of carbonyl (C=O) groups is 2. The van der Waals surface area contributed by atoms with E-state index in [1.54, 1.807) is 26.2 Å². The van der Waals surface area contributed by atoms with Crippen molar-refractivity contribution >= 4 is 29.1 Å². The van der Waals surface area contributed by atoms with E-state index in [1.807, 2.05) is 0 Å². The second-order valence-electron chi connectivity index (χ2n) is 4.20. The highest BCUT2D eigenvalue weighted by Gasteiger charge is 2.17. The Morgan fingerprint density at radius 1 is 1.35 bits per heavy atom. The van der Waals surface area contributed by atoms with E-state index >= 15 is 0 Å². The van der Waals surface area contributed by atoms with Gasteiger partial charge in [-0.05, 0) is 18.2 Å². The number of nitrogens with one attached hydrogen (secondary N) is 2. The highest BCUT2D eigenvalue weighted by molar-refractivity contribution is 6.31. The third-order valence-corrected chi connectivity index (χ3v) is 2.75. The summed E-state index contributed by atoms with van der Waals surface area (Å²) in [6.07, 6.45) is 1.29. The van der Waals surface area contributed by atoms with Crippen LogP contribution in [0, 0.1) is 0 Å². The highest BCUT2D eigenvalue weighted by atomic mass is 35.5. The largest absolute Gasteiger partial charge is 0.345 e. The molecule has 0 saturated carbocycles. The van der Waals surface area contributed by atoms with Crippen LogP contribution < -0.4 is 5.32 Å². The van der Waals surface area contributed by atoms with Gasteiger partial charge >= 0.3 is 0 Å². The number of halogens is 1. The first-order valence-corrected chi connectivity index (χ1v) is 6.05. The van der Waals surface area contributed by atoms with Crippen molar-refractivity contribution < 1.29 is 9.59 Å². The van der Waals surface area contributed by atoms with E-state index in [0.717, 1.165) is 0 Å². The zero-order chi connectivity index (χ0) is 14.7. The fourth-order valence-electron chi connectivity index (χ4n) is 1.54. The monoisotopic (exact) mass is 293 g/mol. The van der Waals surface area contributed by atoms with Gasteiger partial charge in [0.25, 0.3) is 11.8 Å². The Balaban J connectivity index is 2.33. The van der Waals surface area contributed by atoms with E-state index in [4.69, 9.17) is 11.6 Å². The maximum Gasteiger partial charge on any atom is 0.277 e. The number of H-pyrrole nitrogens is 1. The summed E-state index contributed by atoms with van der Waals surface area (Å²) in [5.74, 6) is -0.717. The number of benzene rings is 1. The Kier molecular flexibility index (Phi) is 3.99. The Bertz CT molecular complexity index is 639. The van der Waals surface area contributed by atoms with E-state index in [2.05, 4.69) is 20.7 Å². The predicted octanol–water partition coefficient (Wildman–Crippen LogP) is 1.41. The minimum Gasteiger partial charge on any atom is -0.345 e. The molecule has 0 spiro atoms. The van der Waals surface area contributed by atoms with Gasteiger partial charge in [0.15, 0.2) is 5.69 Å². The third-order valence-electron chi connectivity index (χ3n) is 2.51. The van der Waals surface area contributed by atoms with Gasteiger partial charge in [0, 0.05) is 19.1 Å². The molecule has 2 N–H and O–H groups in total. The van der Waals surface area contributed by atoms with Crippen molar-refractivity contribution in [2.24, 2.45) is 0 Å². The summed E-state index contributed by atoms with van der Waals surface area (Å²) < 4.78 is 0. The molecule has 8 heteroatoms. The molecule has 1 aromatic carbocycles. The lowest BCUT2D eigenvalue weighted by Gasteiger charge is -2.14. The smallest absolute Gasteiger partial charge is 0.277 e. The fraction of sp³-hybridized carbons (Fsp3) is 0.167. The topological polar surface area (TPSA) is 91.0 Å². The van der Waals surface area contributed by atoms with E-state index in [-0.39, 0.29) is 11.6 Å². The molecule has 1 heterocycles. The number of anilines is 1. The SMILES string of the molecule is CN(C)C(=O)c1ccc(Cl)cc1NC(=O)c1cn[nH]n1. The van der Waals surface area contributed by atoms with Crippen LogP contribution in [0.3, 0.4) is 0 Å². The van der Waals surface area contributed by atoms with Crippen LogP contribution in [0.1, 0.15) is 20.8 Å². The van der Waals surface area contributed by atoms with Crippen molar-refractivity contribution in [3.8, 4) is 0 Å². The number of rotatable bonds is 3. The number of aromatic nitrogens is 3. The van der Waals surface area contributed by atoms with Crippen LogP contribution >= 0.6 is 11.6 Å². The standard InChI is InChI=1S/C12H12ClN5O2/c1-18(2)12(20)8-4-3-7(13)5-9(8)15-11(19)10-6-14-17-16-10/h3-6H,1-2H3,(H,15,19)(H,14,16,17). The molecular weight excluding hydrogens is 282 g/mol. The Morgan fingerprint density at radius 2 is 2.10 bits per heavy atom. The summed E-state index contributed by atoms with van der Waals surface area (Å²) in [7, 11) is 3.25. The van der Waals surface area contributed by atoms with Gasteiger partial charge in [-0.2, -0.15) is 15.4 Å². The third kappa shape index (κ3) is 2.94. The van der Waals surface area contributed by atoms with Gasteiger partial charge in [-0.1, -0.05) is 11.6 Å². The molecule has 2 amide bonds. The van der Waals surface area contributed by atoms with Crippen LogP contribution in [0.25, 0.3) is 0 Å². The Labute approximate surface area is 119 Å². The minimum absolute atomic E-state index is 0.119. The molecule has 0 radical (unpaired) electrons. The van der Waals surface area contributed by atoms with Gasteiger partial charge in [-0.3, -0.25) is 9.59 Å². The summed E-state index contributed by atoms with van der Waals surface area (Å²) in [5, 5.41) is 12.6. The Hall–Kier alpha value is -2.41. The van der Waals surface area contributed by atoms with E-state index in [9.17, 15) is 9.59 Å². The molecule has 7 nitrogen and oxygen atoms in total. The molecule has 0 aliphatic rings. The molecule has 2 rings (SSSR count). The van der Waals surface area contributed by atoms with Gasteiger partial charge in [0.05, 0.1) is 17.4 Å². The molecule has 0 fully saturated rings. The normalized spacial score (nSPS) is 10.2. The number of carbonyl (C=O) groups excluding carboxylic acids is 2. The second kappa shape index (κ2) is 5.70. The second-order valence-corrected chi connectivity index (χ2v) is 4.64. The maximum atomic E-state index is 12.0. The quantitative estimate of drug-likeness (QED) is 0.895. The van der Waals surface area contributed by atoms with Crippen LogP contribution in [-0.2, 0) is 0 Å². The highest BCUT2D eigenvalue weighted by Crippen LogP contribution is 2.22. The lowest BCUT2D eigenvalue weighted by Crippen LogP contribution is -2.24. The van der Waals surface area contributed by atoms with Crippen molar-refractivity contribution in [1.82, 2.24) is 20.3 Å². The number of hydrogen-bond acceptors (Lipinski definition) is 4. The van der Waals surface area contributed by atoms with Crippen molar-refractivity contribution in [1.29, 1.82) is 0 Å². The minimum atomic E-state index is -0.478. The molecule has 20 heavy (non-hydrogen) atoms. The van der Waals surface area contributed by atoms with Crippen molar-refractivity contribution in [3.63, 3.8) is 0 Å². The average molecular weight is 294 g/mol. The summed E-state index contributed by atoms with van der Waals surface area (Å²) in [4.78, 5) is 25.4. The average Bonchev–Trinajstić information content (AvgIpc) is 2.92. The van der Waals surface area contributed by atoms with Crippen LogP contribution in [0.2, 0.25) is 5.02 Å². The molecule has 1 aromatic heterocycles. The number of nitrogens with zero attached hydrogens (tertiary/aromatic N) is 3. The van der Waals surface area contributed by atoms with Crippen molar-refractivity contribution in [2.75, 3.05) is 19.4 Å². The van der Waals surface area contributed by atoms with Crippen LogP contribution in [0.5, 0.6) is 0 Å². The lowest BCUT2D eigenvalue weighted by atomic mass is 10.1. The van der Waals surface area contributed by atoms with Crippen molar-refractivity contribution in [3.05, 3.63) is 40.7 Å². The molecule has 0 aliphatic heterocycles. The maximum absolute atomic E-state index is 12.0. The number of amides is 2. The fourth-order valence-corrected chi connectivity index (χ4v) is 1.72. The first kappa shape index (κ1) is 14.0. The van der Waals surface area contributed by atoms with Crippen molar-refractivity contribution in [2.45, 2.75) is 0 Å². The van der Waals surface area contributed by atoms with E-state index in [0.29, 0.717) is 16.3 Å². The van der Waals surface area contributed by atoms with Gasteiger partial charge < -0.3 is 10.2 Å². The molecule has 0 unspecified atom stereocenters. The zero-order valence-electron chi connectivity index (χ0n) is 10.8. The van der Waals surface area contributed by atoms with Gasteiger partial charge in [0.1, 0.15) is 0 Å². The summed E-state index contributed by atoms with van der Waals surface area (Å²) in [6, 6.07) is 4.66. The molecule has 0 atom stereocenters. The molecule has 0 saturated heterocycles. The molecule has 104 valence electrons. The summed E-state index contributed by atoms with van der Waals surface area (Å²) in [5.41, 5.74) is 0.786.